The summed E-state index contributed by atoms with van der Waals surface area (Å²) in [6.45, 7) is 7.91. The number of phenols is 1. The van der Waals surface area contributed by atoms with Crippen LogP contribution in [0.2, 0.25) is 0 Å². The first-order valence-corrected chi connectivity index (χ1v) is 11.6. The Bertz CT molecular complexity index is 1110. The first kappa shape index (κ1) is 23.6. The van der Waals surface area contributed by atoms with Gasteiger partial charge in [0, 0.05) is 12.1 Å². The number of likely N-dealkylation sites (tertiary alicyclic amines) is 1. The van der Waals surface area contributed by atoms with Crippen LogP contribution in [0.4, 0.5) is 0 Å². The van der Waals surface area contributed by atoms with E-state index in [4.69, 9.17) is 9.47 Å². The lowest BCUT2D eigenvalue weighted by atomic mass is 9.95. The second-order valence-corrected chi connectivity index (χ2v) is 8.33. The highest BCUT2D eigenvalue weighted by Gasteiger charge is 2.46. The standard InChI is InChI=1S/C26H30N2O6/c1-3-27(4-2)11-6-12-28-23(17-7-5-8-19(29)15-17)22(25(31)26(28)32)24(30)18-9-10-20-21(16-18)34-14-13-33-20/h5,7-10,15-16,23,29-30H,3-4,6,11-14H2,1-2H3/b24-22+. The van der Waals surface area contributed by atoms with Crippen molar-refractivity contribution < 1.29 is 29.3 Å². The zero-order chi connectivity index (χ0) is 24.2. The number of amides is 1. The van der Waals surface area contributed by atoms with E-state index in [2.05, 4.69) is 18.7 Å². The number of fused-ring (bicyclic) bond motifs is 1. The Morgan fingerprint density at radius 1 is 1.06 bits per heavy atom. The van der Waals surface area contributed by atoms with E-state index >= 15 is 0 Å². The number of aliphatic hydroxyl groups excluding tert-OH is 1. The molecule has 2 aromatic carbocycles. The maximum absolute atomic E-state index is 13.2. The molecule has 34 heavy (non-hydrogen) atoms. The molecule has 1 amide bonds. The number of nitrogens with zero attached hydrogens (tertiary/aromatic N) is 2. The molecule has 0 aromatic heterocycles. The number of rotatable bonds is 8. The number of hydrogen-bond donors (Lipinski definition) is 2. The Balaban J connectivity index is 1.73. The number of phenolic OH excluding ortho intramolecular Hbond substituents is 1. The van der Waals surface area contributed by atoms with E-state index in [0.717, 1.165) is 19.6 Å². The van der Waals surface area contributed by atoms with Gasteiger partial charge in [0.15, 0.2) is 11.5 Å². The summed E-state index contributed by atoms with van der Waals surface area (Å²) < 4.78 is 11.2. The highest BCUT2D eigenvalue weighted by atomic mass is 16.6. The number of ketones is 1. The van der Waals surface area contributed by atoms with Crippen molar-refractivity contribution in [2.24, 2.45) is 0 Å². The molecule has 8 nitrogen and oxygen atoms in total. The van der Waals surface area contributed by atoms with E-state index < -0.39 is 17.7 Å². The second-order valence-electron chi connectivity index (χ2n) is 8.33. The van der Waals surface area contributed by atoms with Crippen LogP contribution >= 0.6 is 0 Å². The predicted octanol–water partition coefficient (Wildman–Crippen LogP) is 3.32. The number of benzene rings is 2. The lowest BCUT2D eigenvalue weighted by Crippen LogP contribution is -2.33. The molecule has 0 radical (unpaired) electrons. The fourth-order valence-electron chi connectivity index (χ4n) is 4.50. The summed E-state index contributed by atoms with van der Waals surface area (Å²) in [4.78, 5) is 30.0. The summed E-state index contributed by atoms with van der Waals surface area (Å²) in [6, 6.07) is 10.6. The SMILES string of the molecule is CCN(CC)CCCN1C(=O)C(=O)/C(=C(/O)c2ccc3c(c2)OCCO3)C1c1cccc(O)c1. The summed E-state index contributed by atoms with van der Waals surface area (Å²) in [5.41, 5.74) is 0.909. The van der Waals surface area contributed by atoms with Crippen LogP contribution in [0, 0.1) is 0 Å². The molecule has 2 aromatic rings. The zero-order valence-corrected chi connectivity index (χ0v) is 19.5. The lowest BCUT2D eigenvalue weighted by Gasteiger charge is -2.27. The summed E-state index contributed by atoms with van der Waals surface area (Å²) in [6.07, 6.45) is 0.675. The zero-order valence-electron chi connectivity index (χ0n) is 19.5. The molecule has 2 heterocycles. The average Bonchev–Trinajstić information content (AvgIpc) is 3.11. The Kier molecular flexibility index (Phi) is 7.07. The van der Waals surface area contributed by atoms with E-state index in [1.54, 1.807) is 30.3 Å². The van der Waals surface area contributed by atoms with E-state index in [1.807, 2.05) is 0 Å². The Labute approximate surface area is 199 Å². The number of carbonyl (C=O) groups excluding carboxylic acids is 2. The molecule has 1 atom stereocenters. The van der Waals surface area contributed by atoms with Gasteiger partial charge in [0.25, 0.3) is 11.7 Å². The van der Waals surface area contributed by atoms with Crippen LogP contribution in [-0.4, -0.2) is 71.1 Å². The van der Waals surface area contributed by atoms with Gasteiger partial charge in [-0.25, -0.2) is 0 Å². The molecule has 0 spiro atoms. The molecule has 4 rings (SSSR count). The maximum atomic E-state index is 13.2. The summed E-state index contributed by atoms with van der Waals surface area (Å²) in [7, 11) is 0. The van der Waals surface area contributed by atoms with Gasteiger partial charge in [-0.2, -0.15) is 0 Å². The fourth-order valence-corrected chi connectivity index (χ4v) is 4.50. The van der Waals surface area contributed by atoms with Gasteiger partial charge in [0.1, 0.15) is 24.7 Å². The highest BCUT2D eigenvalue weighted by Crippen LogP contribution is 2.41. The first-order valence-electron chi connectivity index (χ1n) is 11.6. The van der Waals surface area contributed by atoms with Crippen LogP contribution in [-0.2, 0) is 9.59 Å². The van der Waals surface area contributed by atoms with Gasteiger partial charge < -0.3 is 29.5 Å². The smallest absolute Gasteiger partial charge is 0.295 e. The number of aromatic hydroxyl groups is 1. The quantitative estimate of drug-likeness (QED) is 0.350. The van der Waals surface area contributed by atoms with Crippen molar-refractivity contribution in [1.29, 1.82) is 0 Å². The molecular weight excluding hydrogens is 436 g/mol. The molecule has 2 N–H and O–H groups in total. The van der Waals surface area contributed by atoms with Gasteiger partial charge >= 0.3 is 0 Å². The van der Waals surface area contributed by atoms with Crippen molar-refractivity contribution in [1.82, 2.24) is 9.80 Å². The molecule has 8 heteroatoms. The van der Waals surface area contributed by atoms with Crippen molar-refractivity contribution in [2.75, 3.05) is 39.4 Å². The van der Waals surface area contributed by atoms with E-state index in [9.17, 15) is 19.8 Å². The molecule has 0 saturated carbocycles. The van der Waals surface area contributed by atoms with Crippen molar-refractivity contribution >= 4 is 17.4 Å². The summed E-state index contributed by atoms with van der Waals surface area (Å²) >= 11 is 0. The highest BCUT2D eigenvalue weighted by molar-refractivity contribution is 6.46. The third-order valence-corrected chi connectivity index (χ3v) is 6.31. The molecule has 2 aliphatic heterocycles. The van der Waals surface area contributed by atoms with Gasteiger partial charge in [-0.05, 0) is 62.0 Å². The number of carbonyl (C=O) groups is 2. The molecule has 1 saturated heterocycles. The topological polar surface area (TPSA) is 99.5 Å². The van der Waals surface area contributed by atoms with Crippen LogP contribution in [0.15, 0.2) is 48.0 Å². The van der Waals surface area contributed by atoms with Crippen molar-refractivity contribution in [3.8, 4) is 17.2 Å². The predicted molar refractivity (Wildman–Crippen MR) is 127 cm³/mol. The Morgan fingerprint density at radius 3 is 2.50 bits per heavy atom. The first-order chi connectivity index (χ1) is 16.4. The van der Waals surface area contributed by atoms with Crippen LogP contribution in [0.1, 0.15) is 37.4 Å². The molecule has 180 valence electrons. The third-order valence-electron chi connectivity index (χ3n) is 6.31. The summed E-state index contributed by atoms with van der Waals surface area (Å²) in [5.74, 6) is -0.641. The number of ether oxygens (including phenoxy) is 2. The monoisotopic (exact) mass is 466 g/mol. The fraction of sp³-hybridized carbons (Fsp3) is 0.385. The van der Waals surface area contributed by atoms with Gasteiger partial charge in [-0.1, -0.05) is 26.0 Å². The van der Waals surface area contributed by atoms with E-state index in [1.165, 1.54) is 17.0 Å². The van der Waals surface area contributed by atoms with Crippen molar-refractivity contribution in [3.63, 3.8) is 0 Å². The minimum Gasteiger partial charge on any atom is -0.508 e. The second kappa shape index (κ2) is 10.2. The minimum atomic E-state index is -0.808. The molecule has 0 bridgehead atoms. The van der Waals surface area contributed by atoms with Crippen LogP contribution < -0.4 is 9.47 Å². The average molecular weight is 467 g/mol. The molecule has 1 unspecified atom stereocenters. The maximum Gasteiger partial charge on any atom is 0.295 e. The van der Waals surface area contributed by atoms with Gasteiger partial charge in [-0.15, -0.1) is 0 Å². The normalized spacial score (nSPS) is 19.1. The molecular formula is C26H30N2O6. The number of aliphatic hydroxyl groups is 1. The van der Waals surface area contributed by atoms with Crippen molar-refractivity contribution in [3.05, 3.63) is 59.2 Å². The van der Waals surface area contributed by atoms with Gasteiger partial charge in [-0.3, -0.25) is 9.59 Å². The third kappa shape index (κ3) is 4.59. The lowest BCUT2D eigenvalue weighted by molar-refractivity contribution is -0.140. The van der Waals surface area contributed by atoms with Crippen molar-refractivity contribution in [2.45, 2.75) is 26.3 Å². The van der Waals surface area contributed by atoms with Crippen LogP contribution in [0.25, 0.3) is 5.76 Å². The Hall–Kier alpha value is -3.52. The van der Waals surface area contributed by atoms with Crippen LogP contribution in [0.3, 0.4) is 0 Å². The van der Waals surface area contributed by atoms with Gasteiger partial charge in [0.05, 0.1) is 11.6 Å². The van der Waals surface area contributed by atoms with Crippen LogP contribution in [0.5, 0.6) is 17.2 Å². The molecule has 1 fully saturated rings. The van der Waals surface area contributed by atoms with E-state index in [0.29, 0.717) is 48.8 Å². The van der Waals surface area contributed by atoms with E-state index in [-0.39, 0.29) is 17.1 Å². The molecule has 0 aliphatic carbocycles. The Morgan fingerprint density at radius 2 is 1.79 bits per heavy atom. The molecule has 2 aliphatic rings. The number of Topliss-reactive ketones (excluding diaryl/α,β-unsaturated/α-hetero) is 1. The minimum absolute atomic E-state index is 0.00452. The number of hydrogen-bond acceptors (Lipinski definition) is 7. The largest absolute Gasteiger partial charge is 0.508 e. The van der Waals surface area contributed by atoms with Gasteiger partial charge in [0.2, 0.25) is 0 Å². The summed E-state index contributed by atoms with van der Waals surface area (Å²) in [5, 5.41) is 21.3.